The highest BCUT2D eigenvalue weighted by molar-refractivity contribution is 5.99. The first kappa shape index (κ1) is 21.2. The van der Waals surface area contributed by atoms with Crippen molar-refractivity contribution < 1.29 is 9.21 Å². The minimum atomic E-state index is -0.405. The number of aromatic amines is 1. The number of H-pyrrole nitrogens is 1. The lowest BCUT2D eigenvalue weighted by Crippen LogP contribution is -2.38. The van der Waals surface area contributed by atoms with Gasteiger partial charge in [0, 0.05) is 44.1 Å². The summed E-state index contributed by atoms with van der Waals surface area (Å²) in [6.45, 7) is 7.14. The zero-order chi connectivity index (χ0) is 23.6. The summed E-state index contributed by atoms with van der Waals surface area (Å²) in [6.07, 6.45) is 1.41. The molecule has 1 saturated heterocycles. The van der Waals surface area contributed by atoms with Crippen LogP contribution in [0.4, 0.5) is 0 Å². The monoisotopic (exact) mass is 449 g/mol. The average molecular weight is 450 g/mol. The molecule has 1 aliphatic heterocycles. The third-order valence-corrected chi connectivity index (χ3v) is 7.03. The lowest BCUT2D eigenvalue weighted by atomic mass is 9.96. The average Bonchev–Trinajstić information content (AvgIpc) is 3.39. The van der Waals surface area contributed by atoms with Gasteiger partial charge in [-0.25, -0.2) is 9.78 Å². The van der Waals surface area contributed by atoms with Crippen molar-refractivity contribution in [1.82, 2.24) is 24.0 Å². The molecule has 33 heavy (non-hydrogen) atoms. The van der Waals surface area contributed by atoms with Crippen molar-refractivity contribution in [2.75, 3.05) is 13.1 Å². The van der Waals surface area contributed by atoms with Gasteiger partial charge in [-0.05, 0) is 56.9 Å². The second kappa shape index (κ2) is 7.47. The lowest BCUT2D eigenvalue weighted by Gasteiger charge is -2.30. The number of fused-ring (bicyclic) bond motifs is 2. The number of furan rings is 1. The van der Waals surface area contributed by atoms with Crippen molar-refractivity contribution in [1.29, 1.82) is 0 Å². The van der Waals surface area contributed by atoms with E-state index in [0.29, 0.717) is 48.7 Å². The molecular formula is C24H27N5O4. The Hall–Kier alpha value is -3.62. The van der Waals surface area contributed by atoms with E-state index < -0.39 is 5.69 Å². The topological polar surface area (TPSA) is 106 Å². The number of carbonyl (C=O) groups is 1. The summed E-state index contributed by atoms with van der Waals surface area (Å²) in [5, 5.41) is 0.978. The van der Waals surface area contributed by atoms with Gasteiger partial charge in [-0.15, -0.1) is 0 Å². The van der Waals surface area contributed by atoms with Gasteiger partial charge < -0.3 is 14.3 Å². The second-order valence-electron chi connectivity index (χ2n) is 9.08. The van der Waals surface area contributed by atoms with Crippen LogP contribution in [-0.2, 0) is 14.1 Å². The van der Waals surface area contributed by atoms with Crippen molar-refractivity contribution in [3.63, 3.8) is 0 Å². The third-order valence-electron chi connectivity index (χ3n) is 7.03. The van der Waals surface area contributed by atoms with E-state index in [1.807, 2.05) is 24.8 Å². The van der Waals surface area contributed by atoms with Crippen molar-refractivity contribution in [3.8, 4) is 0 Å². The molecule has 4 heterocycles. The van der Waals surface area contributed by atoms with Gasteiger partial charge in [0.15, 0.2) is 11.4 Å². The molecule has 9 nitrogen and oxygen atoms in total. The van der Waals surface area contributed by atoms with Crippen molar-refractivity contribution in [2.45, 2.75) is 39.5 Å². The summed E-state index contributed by atoms with van der Waals surface area (Å²) in [5.41, 5.74) is 3.82. The first-order valence-electron chi connectivity index (χ1n) is 11.1. The third kappa shape index (κ3) is 3.21. The number of aryl methyl sites for hydroxylation is 4. The van der Waals surface area contributed by atoms with Crippen LogP contribution in [-0.4, -0.2) is 43.0 Å². The van der Waals surface area contributed by atoms with Gasteiger partial charge in [0.2, 0.25) is 0 Å². The van der Waals surface area contributed by atoms with Crippen molar-refractivity contribution in [3.05, 3.63) is 61.2 Å². The summed E-state index contributed by atoms with van der Waals surface area (Å²) >= 11 is 0. The van der Waals surface area contributed by atoms with E-state index in [9.17, 15) is 14.4 Å². The molecule has 1 aliphatic rings. The van der Waals surface area contributed by atoms with Gasteiger partial charge in [-0.3, -0.25) is 18.7 Å². The number of benzene rings is 1. The fraction of sp³-hybridized carbons (Fsp3) is 0.417. The molecule has 0 bridgehead atoms. The molecule has 0 unspecified atom stereocenters. The first-order valence-corrected chi connectivity index (χ1v) is 11.1. The number of aromatic nitrogens is 4. The van der Waals surface area contributed by atoms with Crippen molar-refractivity contribution >= 4 is 28.0 Å². The summed E-state index contributed by atoms with van der Waals surface area (Å²) in [5.74, 6) is 1.05. The van der Waals surface area contributed by atoms with Crippen molar-refractivity contribution in [2.24, 2.45) is 14.1 Å². The number of likely N-dealkylation sites (tertiary alicyclic amines) is 1. The number of amides is 1. The van der Waals surface area contributed by atoms with Gasteiger partial charge in [0.1, 0.15) is 16.9 Å². The minimum absolute atomic E-state index is 0.0725. The maximum absolute atomic E-state index is 13.2. The highest BCUT2D eigenvalue weighted by Gasteiger charge is 2.30. The number of hydrogen-bond acceptors (Lipinski definition) is 5. The maximum atomic E-state index is 13.2. The van der Waals surface area contributed by atoms with E-state index in [-0.39, 0.29) is 17.4 Å². The van der Waals surface area contributed by atoms with E-state index in [0.717, 1.165) is 26.7 Å². The predicted molar refractivity (Wildman–Crippen MR) is 125 cm³/mol. The largest absolute Gasteiger partial charge is 0.451 e. The van der Waals surface area contributed by atoms with Crippen LogP contribution >= 0.6 is 0 Å². The molecule has 1 fully saturated rings. The van der Waals surface area contributed by atoms with Gasteiger partial charge >= 0.3 is 5.69 Å². The molecule has 9 heteroatoms. The maximum Gasteiger partial charge on any atom is 0.332 e. The molecule has 1 N–H and O–H groups in total. The summed E-state index contributed by atoms with van der Waals surface area (Å²) < 4.78 is 8.42. The molecule has 5 rings (SSSR count). The van der Waals surface area contributed by atoms with Crippen LogP contribution in [0.25, 0.3) is 22.1 Å². The van der Waals surface area contributed by atoms with Crippen LogP contribution < -0.4 is 11.2 Å². The Balaban J connectivity index is 1.38. The molecule has 0 atom stereocenters. The van der Waals surface area contributed by atoms with Gasteiger partial charge in [-0.2, -0.15) is 0 Å². The minimum Gasteiger partial charge on any atom is -0.451 e. The van der Waals surface area contributed by atoms with Crippen LogP contribution in [0.3, 0.4) is 0 Å². The van der Waals surface area contributed by atoms with Gasteiger partial charge in [-0.1, -0.05) is 0 Å². The van der Waals surface area contributed by atoms with Crippen LogP contribution in [0.5, 0.6) is 0 Å². The lowest BCUT2D eigenvalue weighted by molar-refractivity contribution is 0.0680. The molecule has 172 valence electrons. The van der Waals surface area contributed by atoms with E-state index in [4.69, 9.17) is 4.42 Å². The predicted octanol–water partition coefficient (Wildman–Crippen LogP) is 2.65. The summed E-state index contributed by atoms with van der Waals surface area (Å²) in [6, 6.07) is 4.06. The van der Waals surface area contributed by atoms with Crippen LogP contribution in [0.1, 0.15) is 51.8 Å². The molecule has 0 saturated carbocycles. The van der Waals surface area contributed by atoms with E-state index >= 15 is 0 Å². The quantitative estimate of drug-likeness (QED) is 0.506. The smallest absolute Gasteiger partial charge is 0.332 e. The normalized spacial score (nSPS) is 15.1. The number of rotatable bonds is 2. The number of nitrogens with zero attached hydrogens (tertiary/aromatic N) is 4. The van der Waals surface area contributed by atoms with Gasteiger partial charge in [0.25, 0.3) is 11.5 Å². The van der Waals surface area contributed by atoms with E-state index in [1.54, 1.807) is 7.05 Å². The number of imidazole rings is 1. The Morgan fingerprint density at radius 2 is 1.73 bits per heavy atom. The molecule has 0 spiro atoms. The highest BCUT2D eigenvalue weighted by Crippen LogP contribution is 2.31. The highest BCUT2D eigenvalue weighted by atomic mass is 16.3. The number of nitrogens with one attached hydrogen (secondary N) is 1. The molecular weight excluding hydrogens is 422 g/mol. The molecule has 3 aromatic heterocycles. The molecule has 0 radical (unpaired) electrons. The summed E-state index contributed by atoms with van der Waals surface area (Å²) in [4.78, 5) is 47.4. The number of carbonyl (C=O) groups excluding carboxylic acids is 1. The fourth-order valence-corrected chi connectivity index (χ4v) is 4.72. The fourth-order valence-electron chi connectivity index (χ4n) is 4.72. The molecule has 1 amide bonds. The second-order valence-corrected chi connectivity index (χ2v) is 9.08. The first-order chi connectivity index (χ1) is 15.7. The molecule has 0 aliphatic carbocycles. The number of piperidine rings is 1. The van der Waals surface area contributed by atoms with Gasteiger partial charge in [0.05, 0.1) is 0 Å². The van der Waals surface area contributed by atoms with Crippen LogP contribution in [0, 0.1) is 20.8 Å². The zero-order valence-electron chi connectivity index (χ0n) is 19.5. The molecule has 4 aromatic rings. The number of hydrogen-bond donors (Lipinski definition) is 1. The van der Waals surface area contributed by atoms with Crippen LogP contribution in [0.15, 0.2) is 26.1 Å². The Morgan fingerprint density at radius 1 is 1.06 bits per heavy atom. The summed E-state index contributed by atoms with van der Waals surface area (Å²) in [7, 11) is 3.06. The Bertz CT molecular complexity index is 1540. The van der Waals surface area contributed by atoms with Crippen LogP contribution in [0.2, 0.25) is 0 Å². The zero-order valence-corrected chi connectivity index (χ0v) is 19.5. The standard InChI is InChI=1S/C24H27N5O4/c1-12-10-16-14(3)19(33-17(16)11-13(12)2)23(31)29-8-6-15(7-9-29)20-25-18-21(26-20)27(4)24(32)28(5)22(18)30/h10-11,15H,6-9H2,1-5H3,(H,25,26). The Morgan fingerprint density at radius 3 is 2.42 bits per heavy atom. The van der Waals surface area contributed by atoms with E-state index in [2.05, 4.69) is 23.0 Å². The SMILES string of the molecule is Cc1cc2oc(C(=O)N3CCC(c4nc5c([nH]4)c(=O)n(C)c(=O)n5C)CC3)c(C)c2cc1C. The Labute approximate surface area is 189 Å². The molecule has 1 aromatic carbocycles. The Kier molecular flexibility index (Phi) is 4.81. The van der Waals surface area contributed by atoms with E-state index in [1.165, 1.54) is 17.2 Å².